The smallest absolute Gasteiger partial charge is 0.223 e. The Morgan fingerprint density at radius 3 is 2.88 bits per heavy atom. The minimum atomic E-state index is -0.0521. The lowest BCUT2D eigenvalue weighted by Gasteiger charge is -2.25. The van der Waals surface area contributed by atoms with Gasteiger partial charge in [0.05, 0.1) is 13.2 Å². The maximum Gasteiger partial charge on any atom is 0.223 e. The zero-order valence-electron chi connectivity index (χ0n) is 10.5. The molecule has 0 aromatic carbocycles. The fraction of sp³-hybridized carbons (Fsp3) is 0.818. The predicted molar refractivity (Wildman–Crippen MR) is 63.5 cm³/mol. The van der Waals surface area contributed by atoms with Crippen LogP contribution in [0.1, 0.15) is 12.8 Å². The van der Waals surface area contributed by atoms with E-state index in [0.717, 1.165) is 6.54 Å². The highest BCUT2D eigenvalue weighted by atomic mass is 16.5. The Hall–Kier alpha value is -1.14. The lowest BCUT2D eigenvalue weighted by atomic mass is 10.2. The minimum Gasteiger partial charge on any atom is -0.378 e. The second-order valence-electron chi connectivity index (χ2n) is 4.17. The fourth-order valence-electron chi connectivity index (χ4n) is 1.64. The van der Waals surface area contributed by atoms with Crippen LogP contribution in [0.5, 0.6) is 0 Å². The number of carbonyl (C=O) groups excluding carboxylic acids is 2. The van der Waals surface area contributed by atoms with Crippen LogP contribution in [0.15, 0.2) is 0 Å². The van der Waals surface area contributed by atoms with Crippen LogP contribution in [-0.4, -0.2) is 63.2 Å². The van der Waals surface area contributed by atoms with Crippen molar-refractivity contribution in [2.45, 2.75) is 18.9 Å². The van der Waals surface area contributed by atoms with Gasteiger partial charge in [-0.25, -0.2) is 0 Å². The van der Waals surface area contributed by atoms with Crippen molar-refractivity contribution in [2.75, 3.05) is 40.4 Å². The molecule has 1 rings (SSSR count). The molecule has 0 saturated carbocycles. The molecule has 0 aromatic rings. The van der Waals surface area contributed by atoms with Gasteiger partial charge in [0.2, 0.25) is 11.8 Å². The molecule has 1 aliphatic rings. The molecule has 2 N–H and O–H groups in total. The summed E-state index contributed by atoms with van der Waals surface area (Å²) >= 11 is 0. The summed E-state index contributed by atoms with van der Waals surface area (Å²) in [6.45, 7) is 2.53. The quantitative estimate of drug-likeness (QED) is 0.647. The number of hydrogen-bond donors (Lipinski definition) is 2. The van der Waals surface area contributed by atoms with Crippen LogP contribution in [0.4, 0.5) is 0 Å². The van der Waals surface area contributed by atoms with Crippen LogP contribution in [0.3, 0.4) is 0 Å². The number of morpholine rings is 1. The predicted octanol–water partition coefficient (Wildman–Crippen LogP) is -1.04. The molecule has 0 aromatic heterocycles. The first kappa shape index (κ1) is 13.9. The largest absolute Gasteiger partial charge is 0.378 e. The highest BCUT2D eigenvalue weighted by Gasteiger charge is 2.19. The lowest BCUT2D eigenvalue weighted by molar-refractivity contribution is -0.131. The number of nitrogens with one attached hydrogen (secondary N) is 2. The second-order valence-corrected chi connectivity index (χ2v) is 4.17. The highest BCUT2D eigenvalue weighted by Crippen LogP contribution is 2.02. The van der Waals surface area contributed by atoms with E-state index in [4.69, 9.17) is 4.74 Å². The molecule has 1 atom stereocenters. The van der Waals surface area contributed by atoms with Gasteiger partial charge in [0.1, 0.15) is 0 Å². The Kier molecular flexibility index (Phi) is 5.93. The molecule has 1 fully saturated rings. The van der Waals surface area contributed by atoms with Crippen LogP contribution in [0, 0.1) is 0 Å². The Bertz CT molecular complexity index is 265. The molecule has 0 bridgehead atoms. The van der Waals surface area contributed by atoms with Crippen LogP contribution in [0.25, 0.3) is 0 Å². The molecule has 1 aliphatic heterocycles. The van der Waals surface area contributed by atoms with Gasteiger partial charge in [-0.3, -0.25) is 9.59 Å². The summed E-state index contributed by atoms with van der Waals surface area (Å²) < 4.78 is 5.28. The van der Waals surface area contributed by atoms with E-state index >= 15 is 0 Å². The molecule has 2 amide bonds. The van der Waals surface area contributed by atoms with Gasteiger partial charge in [-0.1, -0.05) is 0 Å². The SMILES string of the molecule is CNC(=O)CCN(C)C(=O)CC1COCCN1. The molecule has 1 unspecified atom stereocenters. The fourth-order valence-corrected chi connectivity index (χ4v) is 1.64. The topological polar surface area (TPSA) is 70.7 Å². The lowest BCUT2D eigenvalue weighted by Crippen LogP contribution is -2.44. The van der Waals surface area contributed by atoms with Crippen molar-refractivity contribution >= 4 is 11.8 Å². The third-order valence-corrected chi connectivity index (χ3v) is 2.80. The number of hydrogen-bond acceptors (Lipinski definition) is 4. The first-order valence-electron chi connectivity index (χ1n) is 5.89. The molecule has 17 heavy (non-hydrogen) atoms. The summed E-state index contributed by atoms with van der Waals surface area (Å²) in [6, 6.07) is 0.0960. The van der Waals surface area contributed by atoms with E-state index < -0.39 is 0 Å². The van der Waals surface area contributed by atoms with Gasteiger partial charge in [-0.05, 0) is 0 Å². The average Bonchev–Trinajstić information content (AvgIpc) is 2.36. The number of nitrogens with zero attached hydrogens (tertiary/aromatic N) is 1. The Labute approximate surface area is 102 Å². The maximum absolute atomic E-state index is 11.8. The molecule has 0 spiro atoms. The number of ether oxygens (including phenoxy) is 1. The van der Waals surface area contributed by atoms with Gasteiger partial charge >= 0.3 is 0 Å². The zero-order chi connectivity index (χ0) is 12.7. The van der Waals surface area contributed by atoms with Gasteiger partial charge in [0.15, 0.2) is 0 Å². The molecule has 1 saturated heterocycles. The maximum atomic E-state index is 11.8. The third kappa shape index (κ3) is 5.14. The molecule has 6 heteroatoms. The van der Waals surface area contributed by atoms with E-state index in [9.17, 15) is 9.59 Å². The van der Waals surface area contributed by atoms with Gasteiger partial charge in [0, 0.05) is 46.1 Å². The molecular weight excluding hydrogens is 222 g/mol. The zero-order valence-corrected chi connectivity index (χ0v) is 10.5. The normalized spacial score (nSPS) is 19.8. The van der Waals surface area contributed by atoms with Crippen molar-refractivity contribution < 1.29 is 14.3 Å². The summed E-state index contributed by atoms with van der Waals surface area (Å²) in [7, 11) is 3.31. The van der Waals surface area contributed by atoms with E-state index in [1.807, 2.05) is 0 Å². The number of carbonyl (C=O) groups is 2. The van der Waals surface area contributed by atoms with Crippen molar-refractivity contribution in [2.24, 2.45) is 0 Å². The number of amides is 2. The third-order valence-electron chi connectivity index (χ3n) is 2.80. The Morgan fingerprint density at radius 1 is 1.53 bits per heavy atom. The van der Waals surface area contributed by atoms with E-state index in [1.54, 1.807) is 19.0 Å². The van der Waals surface area contributed by atoms with E-state index in [-0.39, 0.29) is 17.9 Å². The van der Waals surface area contributed by atoms with E-state index in [1.165, 1.54) is 0 Å². The highest BCUT2D eigenvalue weighted by molar-refractivity contribution is 5.79. The van der Waals surface area contributed by atoms with E-state index in [2.05, 4.69) is 10.6 Å². The van der Waals surface area contributed by atoms with Crippen LogP contribution in [0.2, 0.25) is 0 Å². The van der Waals surface area contributed by atoms with Gasteiger partial charge in [0.25, 0.3) is 0 Å². The van der Waals surface area contributed by atoms with Crippen LogP contribution < -0.4 is 10.6 Å². The first-order chi connectivity index (χ1) is 8.13. The summed E-state index contributed by atoms with van der Waals surface area (Å²) in [4.78, 5) is 24.4. The van der Waals surface area contributed by atoms with E-state index in [0.29, 0.717) is 32.6 Å². The van der Waals surface area contributed by atoms with Crippen molar-refractivity contribution in [3.05, 3.63) is 0 Å². The minimum absolute atomic E-state index is 0.0388. The number of rotatable bonds is 5. The standard InChI is InChI=1S/C11H21N3O3/c1-12-10(15)3-5-14(2)11(16)7-9-8-17-6-4-13-9/h9,13H,3-8H2,1-2H3,(H,12,15). The molecular formula is C11H21N3O3. The molecule has 0 aliphatic carbocycles. The second kappa shape index (κ2) is 7.24. The summed E-state index contributed by atoms with van der Waals surface area (Å²) in [5.41, 5.74) is 0. The van der Waals surface area contributed by atoms with Crippen LogP contribution >= 0.6 is 0 Å². The molecule has 1 heterocycles. The summed E-state index contributed by atoms with van der Waals surface area (Å²) in [6.07, 6.45) is 0.761. The summed E-state index contributed by atoms with van der Waals surface area (Å²) in [5, 5.41) is 5.76. The molecule has 98 valence electrons. The first-order valence-corrected chi connectivity index (χ1v) is 5.89. The van der Waals surface area contributed by atoms with Gasteiger partial charge in [-0.15, -0.1) is 0 Å². The Morgan fingerprint density at radius 2 is 2.29 bits per heavy atom. The Balaban J connectivity index is 2.23. The average molecular weight is 243 g/mol. The summed E-state index contributed by atoms with van der Waals surface area (Å²) in [5.74, 6) is -0.0133. The van der Waals surface area contributed by atoms with Crippen molar-refractivity contribution in [1.29, 1.82) is 0 Å². The van der Waals surface area contributed by atoms with Crippen molar-refractivity contribution in [3.8, 4) is 0 Å². The van der Waals surface area contributed by atoms with Crippen molar-refractivity contribution in [3.63, 3.8) is 0 Å². The molecule has 6 nitrogen and oxygen atoms in total. The molecule has 0 radical (unpaired) electrons. The van der Waals surface area contributed by atoms with Crippen LogP contribution in [-0.2, 0) is 14.3 Å². The van der Waals surface area contributed by atoms with Gasteiger partial charge in [-0.2, -0.15) is 0 Å². The monoisotopic (exact) mass is 243 g/mol. The van der Waals surface area contributed by atoms with Gasteiger partial charge < -0.3 is 20.3 Å². The van der Waals surface area contributed by atoms with Crippen molar-refractivity contribution in [1.82, 2.24) is 15.5 Å².